The Morgan fingerprint density at radius 3 is 1.23 bits per heavy atom. The molecule has 0 fully saturated rings. The molecule has 8 nitrogen and oxygen atoms in total. The van der Waals surface area contributed by atoms with Gasteiger partial charge in [0, 0.05) is 51.8 Å². The van der Waals surface area contributed by atoms with E-state index in [1.54, 1.807) is 25.6 Å². The highest BCUT2D eigenvalue weighted by Crippen LogP contribution is 2.35. The average Bonchev–Trinajstić information content (AvgIpc) is 3.11. The van der Waals surface area contributed by atoms with Gasteiger partial charge in [0.25, 0.3) is 0 Å². The molecule has 0 aromatic heterocycles. The van der Waals surface area contributed by atoms with Crippen LogP contribution >= 0.6 is 11.8 Å². The van der Waals surface area contributed by atoms with Gasteiger partial charge in [0.2, 0.25) is 0 Å². The van der Waals surface area contributed by atoms with E-state index >= 15 is 0 Å². The number of benzene rings is 5. The van der Waals surface area contributed by atoms with Crippen LogP contribution in [0, 0.1) is 0 Å². The second-order valence-electron chi connectivity index (χ2n) is 10.8. The first kappa shape index (κ1) is 33.6. The number of carbonyl (C=O) groups is 3. The molecular weight excluding hydrogens is 623 g/mol. The number of anilines is 3. The largest absolute Gasteiger partial charge is 0.331 e. The van der Waals surface area contributed by atoms with Crippen LogP contribution in [0.3, 0.4) is 0 Å². The molecule has 5 aromatic rings. The first-order valence-electron chi connectivity index (χ1n) is 15.1. The van der Waals surface area contributed by atoms with Gasteiger partial charge in [0.1, 0.15) is 0 Å². The second-order valence-corrected chi connectivity index (χ2v) is 11.9. The van der Waals surface area contributed by atoms with Crippen LogP contribution in [0.25, 0.3) is 0 Å². The number of ketones is 1. The van der Waals surface area contributed by atoms with Gasteiger partial charge in [0.05, 0.1) is 11.4 Å². The molecule has 0 saturated carbocycles. The molecule has 0 atom stereocenters. The Bertz CT molecular complexity index is 1880. The van der Waals surface area contributed by atoms with Gasteiger partial charge < -0.3 is 14.6 Å². The van der Waals surface area contributed by atoms with Crippen molar-refractivity contribution in [3.8, 4) is 0 Å². The van der Waals surface area contributed by atoms with Crippen LogP contribution in [0.2, 0.25) is 0 Å². The van der Waals surface area contributed by atoms with Crippen molar-refractivity contribution in [3.63, 3.8) is 0 Å². The van der Waals surface area contributed by atoms with Crippen molar-refractivity contribution in [1.82, 2.24) is 0 Å². The molecule has 5 aromatic carbocycles. The summed E-state index contributed by atoms with van der Waals surface area (Å²) in [5.74, 6) is -1.05. The van der Waals surface area contributed by atoms with Crippen molar-refractivity contribution < 1.29 is 24.1 Å². The van der Waals surface area contributed by atoms with Crippen LogP contribution in [-0.4, -0.2) is 29.1 Å². The van der Waals surface area contributed by atoms with E-state index < -0.39 is 11.9 Å². The predicted octanol–water partition coefficient (Wildman–Crippen LogP) is 9.11. The summed E-state index contributed by atoms with van der Waals surface area (Å²) in [4.78, 5) is 49.7. The molecule has 5 rings (SSSR count). The molecule has 0 saturated heterocycles. The van der Waals surface area contributed by atoms with Crippen molar-refractivity contribution >= 4 is 58.0 Å². The fraction of sp³-hybridized carbons (Fsp3) is 0.103. The van der Waals surface area contributed by atoms with Gasteiger partial charge in [0.15, 0.2) is 5.78 Å². The van der Waals surface area contributed by atoms with E-state index in [0.29, 0.717) is 22.6 Å². The van der Waals surface area contributed by atoms with Crippen LogP contribution in [-0.2, 0) is 19.3 Å². The Kier molecular flexibility index (Phi) is 11.0. The molecule has 0 amide bonds. The van der Waals surface area contributed by atoms with Crippen molar-refractivity contribution in [2.45, 2.75) is 37.5 Å². The van der Waals surface area contributed by atoms with Gasteiger partial charge >= 0.3 is 11.9 Å². The van der Waals surface area contributed by atoms with Gasteiger partial charge in [-0.25, -0.2) is 9.59 Å². The lowest BCUT2D eigenvalue weighted by Gasteiger charge is -2.26. The van der Waals surface area contributed by atoms with Crippen LogP contribution in [0.4, 0.5) is 17.1 Å². The fourth-order valence-corrected chi connectivity index (χ4v) is 5.59. The van der Waals surface area contributed by atoms with E-state index in [9.17, 15) is 14.4 Å². The molecule has 0 aliphatic rings. The minimum absolute atomic E-state index is 0.0665. The normalized spacial score (nSPS) is 11.5. The zero-order valence-corrected chi connectivity index (χ0v) is 27.7. The maximum atomic E-state index is 13.4. The molecule has 0 bridgehead atoms. The van der Waals surface area contributed by atoms with Crippen molar-refractivity contribution in [2.75, 3.05) is 4.90 Å². The number of nitrogens with zero attached hydrogens (tertiary/aromatic N) is 3. The number of hydrogen-bond donors (Lipinski definition) is 0. The first-order valence-corrected chi connectivity index (χ1v) is 15.9. The molecule has 0 spiro atoms. The summed E-state index contributed by atoms with van der Waals surface area (Å²) in [6.45, 7) is 6.13. The Labute approximate surface area is 283 Å². The Morgan fingerprint density at radius 1 is 0.479 bits per heavy atom. The van der Waals surface area contributed by atoms with Crippen LogP contribution < -0.4 is 4.90 Å². The van der Waals surface area contributed by atoms with E-state index in [1.807, 2.05) is 115 Å². The number of hydrogen-bond acceptors (Lipinski definition) is 9. The van der Waals surface area contributed by atoms with Gasteiger partial charge in [-0.15, -0.1) is 0 Å². The van der Waals surface area contributed by atoms with Crippen LogP contribution in [0.1, 0.15) is 54.7 Å². The topological polar surface area (TPSA) is 97.6 Å². The number of oxime groups is 2. The van der Waals surface area contributed by atoms with Crippen molar-refractivity contribution in [3.05, 3.63) is 150 Å². The quantitative estimate of drug-likeness (QED) is 0.0606. The van der Waals surface area contributed by atoms with Crippen LogP contribution in [0.5, 0.6) is 0 Å². The standard InChI is InChI=1S/C39H33N3O5S/c1-26(40-46-28(3)43)30-10-18-34(19-11-30)42(35-20-12-31(13-21-35)27(2)41-47-29(4)44)36-22-14-32(15-23-36)39(45)33-16-24-38(25-17-33)48-37-8-6-5-7-9-37/h5-25H,1-4H3/b40-26+,41-27?. The highest BCUT2D eigenvalue weighted by Gasteiger charge is 2.16. The third-order valence-corrected chi connectivity index (χ3v) is 8.21. The van der Waals surface area contributed by atoms with E-state index in [4.69, 9.17) is 9.68 Å². The summed E-state index contributed by atoms with van der Waals surface area (Å²) in [7, 11) is 0. The molecule has 0 aliphatic heterocycles. The zero-order chi connectivity index (χ0) is 34.0. The minimum atomic E-state index is -0.491. The summed E-state index contributed by atoms with van der Waals surface area (Å²) < 4.78 is 0. The highest BCUT2D eigenvalue weighted by atomic mass is 32.2. The molecular formula is C39H33N3O5S. The third kappa shape index (κ3) is 8.71. The van der Waals surface area contributed by atoms with Gasteiger partial charge in [-0.2, -0.15) is 0 Å². The maximum Gasteiger partial charge on any atom is 0.331 e. The molecule has 48 heavy (non-hydrogen) atoms. The molecule has 0 radical (unpaired) electrons. The third-order valence-electron chi connectivity index (χ3n) is 7.19. The maximum absolute atomic E-state index is 13.4. The van der Waals surface area contributed by atoms with Crippen LogP contribution in [0.15, 0.2) is 147 Å². The average molecular weight is 656 g/mol. The Hall–Kier alpha value is -5.80. The molecule has 240 valence electrons. The first-order chi connectivity index (χ1) is 23.2. The van der Waals surface area contributed by atoms with Crippen molar-refractivity contribution in [2.24, 2.45) is 10.3 Å². The molecule has 0 N–H and O–H groups in total. The molecule has 0 heterocycles. The summed E-state index contributed by atoms with van der Waals surface area (Å²) in [6, 6.07) is 40.6. The monoisotopic (exact) mass is 655 g/mol. The van der Waals surface area contributed by atoms with Crippen molar-refractivity contribution in [1.29, 1.82) is 0 Å². The lowest BCUT2D eigenvalue weighted by Crippen LogP contribution is -2.11. The van der Waals surface area contributed by atoms with Gasteiger partial charge in [-0.05, 0) is 110 Å². The van der Waals surface area contributed by atoms with E-state index in [0.717, 1.165) is 38.0 Å². The van der Waals surface area contributed by atoms with Gasteiger partial charge in [-0.3, -0.25) is 4.79 Å². The Morgan fingerprint density at radius 2 is 0.833 bits per heavy atom. The number of rotatable bonds is 11. The summed E-state index contributed by atoms with van der Waals surface area (Å²) >= 11 is 1.65. The fourth-order valence-electron chi connectivity index (χ4n) is 4.75. The molecule has 0 unspecified atom stereocenters. The summed E-state index contributed by atoms with van der Waals surface area (Å²) in [5, 5.41) is 7.78. The van der Waals surface area contributed by atoms with E-state index in [2.05, 4.69) is 27.3 Å². The zero-order valence-electron chi connectivity index (χ0n) is 26.9. The Balaban J connectivity index is 1.42. The minimum Gasteiger partial charge on any atom is -0.318 e. The lowest BCUT2D eigenvalue weighted by atomic mass is 10.0. The summed E-state index contributed by atoms with van der Waals surface area (Å²) in [6.07, 6.45) is 0. The second kappa shape index (κ2) is 15.7. The highest BCUT2D eigenvalue weighted by molar-refractivity contribution is 7.99. The predicted molar refractivity (Wildman–Crippen MR) is 190 cm³/mol. The van der Waals surface area contributed by atoms with E-state index in [-0.39, 0.29) is 5.78 Å². The molecule has 0 aliphatic carbocycles. The van der Waals surface area contributed by atoms with E-state index in [1.165, 1.54) is 13.8 Å². The SMILES string of the molecule is CC(=O)ON=C(C)c1ccc(N(c2ccc(C(=O)c3ccc(Sc4ccccc4)cc3)cc2)c2ccc(/C(C)=N/OC(C)=O)cc2)cc1. The number of carbonyl (C=O) groups excluding carboxylic acids is 3. The van der Waals surface area contributed by atoms with Gasteiger partial charge in [-0.1, -0.05) is 64.5 Å². The summed E-state index contributed by atoms with van der Waals surface area (Å²) in [5.41, 5.74) is 6.42. The smallest absolute Gasteiger partial charge is 0.318 e. The molecule has 9 heteroatoms. The lowest BCUT2D eigenvalue weighted by molar-refractivity contribution is -0.141.